The molecule has 0 aliphatic carbocycles. The second kappa shape index (κ2) is 4.63. The molecule has 0 heterocycles. The summed E-state index contributed by atoms with van der Waals surface area (Å²) in [7, 11) is 0. The minimum atomic E-state index is -4.45. The summed E-state index contributed by atoms with van der Waals surface area (Å²) in [5.41, 5.74) is -0.730. The van der Waals surface area contributed by atoms with Crippen LogP contribution >= 0.6 is 0 Å². The van der Waals surface area contributed by atoms with Gasteiger partial charge in [-0.05, 0) is 17.7 Å². The molecule has 0 aliphatic rings. The van der Waals surface area contributed by atoms with Crippen molar-refractivity contribution in [1.29, 1.82) is 0 Å². The van der Waals surface area contributed by atoms with Gasteiger partial charge >= 0.3 is 6.18 Å². The van der Waals surface area contributed by atoms with Crippen LogP contribution in [0.25, 0.3) is 0 Å². The molecule has 1 aromatic carbocycles. The maximum atomic E-state index is 12.2. The molecule has 0 bridgehead atoms. The van der Waals surface area contributed by atoms with Crippen molar-refractivity contribution in [2.75, 3.05) is 0 Å². The Labute approximate surface area is 89.1 Å². The Morgan fingerprint density at radius 2 is 1.62 bits per heavy atom. The van der Waals surface area contributed by atoms with Crippen LogP contribution in [0.1, 0.15) is 17.0 Å². The molecule has 0 radical (unpaired) electrons. The van der Waals surface area contributed by atoms with E-state index in [1.54, 1.807) is 0 Å². The standard InChI is InChI=1S/C10H9F3O3/c11-10(12,13)7-3-1-6(2-4-7)8(5-14)9(15)16/h1-5,8-9,15-16H. The van der Waals surface area contributed by atoms with E-state index in [1.807, 2.05) is 0 Å². The SMILES string of the molecule is O=CC(c1ccc(C(F)(F)F)cc1)C(O)O. The van der Waals surface area contributed by atoms with Gasteiger partial charge in [0.15, 0.2) is 6.29 Å². The van der Waals surface area contributed by atoms with E-state index in [-0.39, 0.29) is 11.8 Å². The smallest absolute Gasteiger partial charge is 0.367 e. The molecule has 1 atom stereocenters. The molecule has 1 rings (SSSR count). The van der Waals surface area contributed by atoms with Crippen molar-refractivity contribution in [3.8, 4) is 0 Å². The zero-order valence-corrected chi connectivity index (χ0v) is 7.98. The molecule has 0 spiro atoms. The van der Waals surface area contributed by atoms with Crippen LogP contribution in [0.5, 0.6) is 0 Å². The molecule has 2 N–H and O–H groups in total. The molecular weight excluding hydrogens is 225 g/mol. The van der Waals surface area contributed by atoms with Gasteiger partial charge in [-0.15, -0.1) is 0 Å². The molecule has 6 heteroatoms. The highest BCUT2D eigenvalue weighted by Crippen LogP contribution is 2.30. The molecule has 88 valence electrons. The van der Waals surface area contributed by atoms with Crippen molar-refractivity contribution in [1.82, 2.24) is 0 Å². The molecular formula is C10H9F3O3. The molecule has 0 amide bonds. The van der Waals surface area contributed by atoms with Crippen molar-refractivity contribution in [2.24, 2.45) is 0 Å². The first-order chi connectivity index (χ1) is 7.36. The topological polar surface area (TPSA) is 57.5 Å². The average Bonchev–Trinajstić information content (AvgIpc) is 2.17. The number of rotatable bonds is 3. The minimum Gasteiger partial charge on any atom is -0.367 e. The molecule has 3 nitrogen and oxygen atoms in total. The lowest BCUT2D eigenvalue weighted by Crippen LogP contribution is -2.19. The number of alkyl halides is 3. The number of benzene rings is 1. The van der Waals surface area contributed by atoms with Gasteiger partial charge in [-0.25, -0.2) is 0 Å². The maximum Gasteiger partial charge on any atom is 0.416 e. The van der Waals surface area contributed by atoms with E-state index < -0.39 is 23.9 Å². The van der Waals surface area contributed by atoms with Crippen LogP contribution in [-0.4, -0.2) is 22.8 Å². The number of aliphatic hydroxyl groups is 2. The predicted octanol–water partition coefficient (Wildman–Crippen LogP) is 1.30. The summed E-state index contributed by atoms with van der Waals surface area (Å²) in [6.07, 6.45) is -6.10. The summed E-state index contributed by atoms with van der Waals surface area (Å²) in [5.74, 6) is -1.23. The van der Waals surface area contributed by atoms with E-state index in [2.05, 4.69) is 0 Å². The third-order valence-electron chi connectivity index (χ3n) is 2.09. The molecule has 16 heavy (non-hydrogen) atoms. The van der Waals surface area contributed by atoms with Crippen LogP contribution < -0.4 is 0 Å². The summed E-state index contributed by atoms with van der Waals surface area (Å²) >= 11 is 0. The van der Waals surface area contributed by atoms with E-state index in [0.29, 0.717) is 0 Å². The Morgan fingerprint density at radius 1 is 1.12 bits per heavy atom. The number of carbonyl (C=O) groups is 1. The zero-order valence-electron chi connectivity index (χ0n) is 7.98. The molecule has 0 aliphatic heterocycles. The highest BCUT2D eigenvalue weighted by Gasteiger charge is 2.30. The van der Waals surface area contributed by atoms with Gasteiger partial charge in [0.1, 0.15) is 6.29 Å². The highest BCUT2D eigenvalue weighted by atomic mass is 19.4. The fraction of sp³-hybridized carbons (Fsp3) is 0.300. The molecule has 1 unspecified atom stereocenters. The van der Waals surface area contributed by atoms with E-state index >= 15 is 0 Å². The zero-order chi connectivity index (χ0) is 12.3. The first-order valence-electron chi connectivity index (χ1n) is 4.35. The van der Waals surface area contributed by atoms with Crippen LogP contribution in [0, 0.1) is 0 Å². The Balaban J connectivity index is 2.98. The Hall–Kier alpha value is -1.40. The summed E-state index contributed by atoms with van der Waals surface area (Å²) in [5, 5.41) is 17.6. The first-order valence-corrected chi connectivity index (χ1v) is 4.35. The second-order valence-electron chi connectivity index (χ2n) is 3.20. The largest absolute Gasteiger partial charge is 0.416 e. The average molecular weight is 234 g/mol. The van der Waals surface area contributed by atoms with E-state index in [9.17, 15) is 18.0 Å². The van der Waals surface area contributed by atoms with Gasteiger partial charge in [0.05, 0.1) is 11.5 Å². The monoisotopic (exact) mass is 234 g/mol. The minimum absolute atomic E-state index is 0.123. The molecule has 0 saturated heterocycles. The van der Waals surface area contributed by atoms with E-state index in [1.165, 1.54) is 0 Å². The first kappa shape index (κ1) is 12.7. The summed E-state index contributed by atoms with van der Waals surface area (Å²) in [4.78, 5) is 10.5. The van der Waals surface area contributed by atoms with E-state index in [4.69, 9.17) is 10.2 Å². The summed E-state index contributed by atoms with van der Waals surface area (Å²) in [6.45, 7) is 0. The van der Waals surface area contributed by atoms with Crippen LogP contribution in [0.2, 0.25) is 0 Å². The predicted molar refractivity (Wildman–Crippen MR) is 48.5 cm³/mol. The Kier molecular flexibility index (Phi) is 3.66. The highest BCUT2D eigenvalue weighted by molar-refractivity contribution is 5.62. The number of hydrogen-bond acceptors (Lipinski definition) is 3. The number of halogens is 3. The summed E-state index contributed by atoms with van der Waals surface area (Å²) < 4.78 is 36.6. The number of aldehydes is 1. The summed E-state index contributed by atoms with van der Waals surface area (Å²) in [6, 6.07) is 3.66. The van der Waals surface area contributed by atoms with Gasteiger partial charge in [0, 0.05) is 0 Å². The van der Waals surface area contributed by atoms with Crippen LogP contribution in [-0.2, 0) is 11.0 Å². The van der Waals surface area contributed by atoms with Gasteiger partial charge in [0.25, 0.3) is 0 Å². The molecule has 1 aromatic rings. The van der Waals surface area contributed by atoms with Gasteiger partial charge in [-0.1, -0.05) is 12.1 Å². The van der Waals surface area contributed by atoms with E-state index in [0.717, 1.165) is 24.3 Å². The third-order valence-corrected chi connectivity index (χ3v) is 2.09. The van der Waals surface area contributed by atoms with Gasteiger partial charge in [-0.3, -0.25) is 0 Å². The number of carbonyl (C=O) groups excluding carboxylic acids is 1. The second-order valence-corrected chi connectivity index (χ2v) is 3.20. The van der Waals surface area contributed by atoms with Gasteiger partial charge in [-0.2, -0.15) is 13.2 Å². The van der Waals surface area contributed by atoms with Gasteiger partial charge < -0.3 is 15.0 Å². The number of hydrogen-bond donors (Lipinski definition) is 2. The number of aliphatic hydroxyl groups excluding tert-OH is 1. The van der Waals surface area contributed by atoms with Crippen molar-refractivity contribution in [2.45, 2.75) is 18.4 Å². The molecule has 0 saturated carbocycles. The maximum absolute atomic E-state index is 12.2. The third kappa shape index (κ3) is 2.80. The van der Waals surface area contributed by atoms with Crippen molar-refractivity contribution < 1.29 is 28.2 Å². The van der Waals surface area contributed by atoms with Crippen molar-refractivity contribution in [3.05, 3.63) is 35.4 Å². The lowest BCUT2D eigenvalue weighted by Gasteiger charge is -2.13. The van der Waals surface area contributed by atoms with Crippen molar-refractivity contribution >= 4 is 6.29 Å². The van der Waals surface area contributed by atoms with Crippen LogP contribution in [0.3, 0.4) is 0 Å². The normalized spacial score (nSPS) is 13.9. The molecule has 0 aromatic heterocycles. The Morgan fingerprint density at radius 3 is 1.94 bits per heavy atom. The van der Waals surface area contributed by atoms with Gasteiger partial charge in [0.2, 0.25) is 0 Å². The Bertz CT molecular complexity index is 357. The fourth-order valence-corrected chi connectivity index (χ4v) is 1.22. The fourth-order valence-electron chi connectivity index (χ4n) is 1.22. The lowest BCUT2D eigenvalue weighted by atomic mass is 9.99. The molecule has 0 fully saturated rings. The van der Waals surface area contributed by atoms with Crippen LogP contribution in [0.4, 0.5) is 13.2 Å². The lowest BCUT2D eigenvalue weighted by molar-refractivity contribution is -0.137. The quantitative estimate of drug-likeness (QED) is 0.612. The van der Waals surface area contributed by atoms with Crippen molar-refractivity contribution in [3.63, 3.8) is 0 Å². The van der Waals surface area contributed by atoms with Crippen LogP contribution in [0.15, 0.2) is 24.3 Å².